The first-order valence-electron chi connectivity index (χ1n) is 6.34. The van der Waals surface area contributed by atoms with Crippen molar-refractivity contribution >= 4 is 11.6 Å². The third kappa shape index (κ3) is 3.82. The second-order valence-corrected chi connectivity index (χ2v) is 4.57. The molecule has 20 heavy (non-hydrogen) atoms. The quantitative estimate of drug-likeness (QED) is 0.925. The molecule has 0 heterocycles. The molecule has 2 aromatic rings. The van der Waals surface area contributed by atoms with Crippen molar-refractivity contribution in [2.75, 3.05) is 5.32 Å². The van der Waals surface area contributed by atoms with E-state index in [0.717, 1.165) is 11.3 Å². The lowest BCUT2D eigenvalue weighted by molar-refractivity contribution is -0.122. The molecule has 4 heteroatoms. The highest BCUT2D eigenvalue weighted by Gasteiger charge is 2.14. The zero-order valence-corrected chi connectivity index (χ0v) is 11.4. The van der Waals surface area contributed by atoms with Gasteiger partial charge in [0.1, 0.15) is 11.6 Å². The Morgan fingerprint density at radius 1 is 1.20 bits per heavy atom. The number of halogens is 1. The zero-order valence-electron chi connectivity index (χ0n) is 11.4. The highest BCUT2D eigenvalue weighted by Crippen LogP contribution is 2.15. The fourth-order valence-corrected chi connectivity index (χ4v) is 1.74. The molecule has 0 aliphatic carbocycles. The Kier molecular flexibility index (Phi) is 4.35. The fourth-order valence-electron chi connectivity index (χ4n) is 1.74. The van der Waals surface area contributed by atoms with E-state index >= 15 is 0 Å². The van der Waals surface area contributed by atoms with Crippen molar-refractivity contribution in [2.45, 2.75) is 20.0 Å². The van der Waals surface area contributed by atoms with Gasteiger partial charge in [0.25, 0.3) is 5.91 Å². The van der Waals surface area contributed by atoms with E-state index in [9.17, 15) is 9.18 Å². The van der Waals surface area contributed by atoms with Crippen molar-refractivity contribution in [1.82, 2.24) is 0 Å². The molecule has 2 rings (SSSR count). The van der Waals surface area contributed by atoms with Gasteiger partial charge in [-0.05, 0) is 55.8 Å². The largest absolute Gasteiger partial charge is 0.481 e. The van der Waals surface area contributed by atoms with E-state index in [1.165, 1.54) is 24.3 Å². The minimum absolute atomic E-state index is 0.250. The molecule has 0 radical (unpaired) electrons. The second-order valence-electron chi connectivity index (χ2n) is 4.57. The van der Waals surface area contributed by atoms with Crippen LogP contribution in [0.4, 0.5) is 10.1 Å². The molecule has 0 aliphatic rings. The van der Waals surface area contributed by atoms with E-state index in [-0.39, 0.29) is 11.7 Å². The monoisotopic (exact) mass is 273 g/mol. The van der Waals surface area contributed by atoms with Gasteiger partial charge in [-0.15, -0.1) is 0 Å². The van der Waals surface area contributed by atoms with E-state index in [1.807, 2.05) is 31.2 Å². The predicted molar refractivity (Wildman–Crippen MR) is 76.3 cm³/mol. The van der Waals surface area contributed by atoms with Gasteiger partial charge in [-0.2, -0.15) is 0 Å². The number of carbonyl (C=O) groups is 1. The summed E-state index contributed by atoms with van der Waals surface area (Å²) in [5.74, 6) is -0.132. The normalized spacial score (nSPS) is 11.8. The number of ether oxygens (including phenoxy) is 1. The number of rotatable bonds is 4. The molecule has 104 valence electrons. The summed E-state index contributed by atoms with van der Waals surface area (Å²) >= 11 is 0. The van der Waals surface area contributed by atoms with Crippen LogP contribution in [0, 0.1) is 12.7 Å². The Morgan fingerprint density at radius 3 is 2.55 bits per heavy atom. The lowest BCUT2D eigenvalue weighted by atomic mass is 10.2. The van der Waals surface area contributed by atoms with Crippen LogP contribution in [0.3, 0.4) is 0 Å². The summed E-state index contributed by atoms with van der Waals surface area (Å²) in [4.78, 5) is 12.0. The van der Waals surface area contributed by atoms with E-state index < -0.39 is 6.10 Å². The first kappa shape index (κ1) is 14.1. The molecule has 0 spiro atoms. The van der Waals surface area contributed by atoms with Crippen molar-refractivity contribution < 1.29 is 13.9 Å². The second kappa shape index (κ2) is 6.19. The highest BCUT2D eigenvalue weighted by atomic mass is 19.1. The van der Waals surface area contributed by atoms with Crippen molar-refractivity contribution in [1.29, 1.82) is 0 Å². The van der Waals surface area contributed by atoms with Crippen LogP contribution in [0.15, 0.2) is 48.5 Å². The van der Waals surface area contributed by atoms with Crippen LogP contribution in [0.5, 0.6) is 5.75 Å². The number of anilines is 1. The van der Waals surface area contributed by atoms with Gasteiger partial charge in [0.2, 0.25) is 0 Å². The molecule has 1 amide bonds. The maximum Gasteiger partial charge on any atom is 0.265 e. The summed E-state index contributed by atoms with van der Waals surface area (Å²) in [7, 11) is 0. The van der Waals surface area contributed by atoms with Crippen molar-refractivity contribution in [2.24, 2.45) is 0 Å². The van der Waals surface area contributed by atoms with Gasteiger partial charge in [0.15, 0.2) is 6.10 Å². The zero-order chi connectivity index (χ0) is 14.5. The fraction of sp³-hybridized carbons (Fsp3) is 0.188. The Labute approximate surface area is 117 Å². The number of nitrogens with one attached hydrogen (secondary N) is 1. The third-order valence-corrected chi connectivity index (χ3v) is 2.78. The maximum absolute atomic E-state index is 12.8. The molecule has 0 unspecified atom stereocenters. The minimum atomic E-state index is -0.666. The summed E-state index contributed by atoms with van der Waals surface area (Å²) in [6.45, 7) is 3.60. The van der Waals surface area contributed by atoms with Gasteiger partial charge in [0, 0.05) is 5.69 Å². The van der Waals surface area contributed by atoms with Gasteiger partial charge >= 0.3 is 0 Å². The van der Waals surface area contributed by atoms with Gasteiger partial charge in [-0.25, -0.2) is 4.39 Å². The van der Waals surface area contributed by atoms with Crippen LogP contribution in [-0.2, 0) is 4.79 Å². The van der Waals surface area contributed by atoms with Crippen LogP contribution < -0.4 is 10.1 Å². The van der Waals surface area contributed by atoms with E-state index in [1.54, 1.807) is 6.92 Å². The summed E-state index contributed by atoms with van der Waals surface area (Å²) in [6.07, 6.45) is -0.666. The third-order valence-electron chi connectivity index (χ3n) is 2.78. The van der Waals surface area contributed by atoms with Crippen molar-refractivity contribution in [3.63, 3.8) is 0 Å². The molecule has 1 atom stereocenters. The lowest BCUT2D eigenvalue weighted by Gasteiger charge is -2.15. The Balaban J connectivity index is 1.96. The molecule has 1 N–H and O–H groups in total. The SMILES string of the molecule is Cc1cccc(NC(=O)[C@@H](C)Oc2ccc(F)cc2)c1. The van der Waals surface area contributed by atoms with Crippen LogP contribution in [0.25, 0.3) is 0 Å². The van der Waals surface area contributed by atoms with Crippen LogP contribution in [0.1, 0.15) is 12.5 Å². The molecule has 0 fully saturated rings. The van der Waals surface area contributed by atoms with Crippen LogP contribution >= 0.6 is 0 Å². The Hall–Kier alpha value is -2.36. The molecule has 0 saturated carbocycles. The average molecular weight is 273 g/mol. The molecule has 2 aromatic carbocycles. The first-order chi connectivity index (χ1) is 9.54. The summed E-state index contributed by atoms with van der Waals surface area (Å²) in [5, 5.41) is 2.78. The molecule has 0 aliphatic heterocycles. The van der Waals surface area contributed by atoms with Crippen molar-refractivity contribution in [3.05, 3.63) is 59.9 Å². The van der Waals surface area contributed by atoms with Gasteiger partial charge < -0.3 is 10.1 Å². The number of hydrogen-bond acceptors (Lipinski definition) is 2. The molecule has 0 saturated heterocycles. The standard InChI is InChI=1S/C16H16FNO2/c1-11-4-3-5-14(10-11)18-16(19)12(2)20-15-8-6-13(17)7-9-15/h3-10,12H,1-2H3,(H,18,19)/t12-/m1/s1. The molecule has 3 nitrogen and oxygen atoms in total. The van der Waals surface area contributed by atoms with E-state index in [0.29, 0.717) is 5.75 Å². The topological polar surface area (TPSA) is 38.3 Å². The van der Waals surface area contributed by atoms with Crippen LogP contribution in [0.2, 0.25) is 0 Å². The summed E-state index contributed by atoms with van der Waals surface area (Å²) < 4.78 is 18.2. The first-order valence-corrected chi connectivity index (χ1v) is 6.34. The van der Waals surface area contributed by atoms with E-state index in [2.05, 4.69) is 5.32 Å². The smallest absolute Gasteiger partial charge is 0.265 e. The Morgan fingerprint density at radius 2 is 1.90 bits per heavy atom. The molecule has 0 aromatic heterocycles. The number of carbonyl (C=O) groups excluding carboxylic acids is 1. The number of hydrogen-bond donors (Lipinski definition) is 1. The van der Waals surface area contributed by atoms with Gasteiger partial charge in [0.05, 0.1) is 0 Å². The lowest BCUT2D eigenvalue weighted by Crippen LogP contribution is -2.30. The van der Waals surface area contributed by atoms with Crippen LogP contribution in [-0.4, -0.2) is 12.0 Å². The number of amides is 1. The van der Waals surface area contributed by atoms with Gasteiger partial charge in [-0.3, -0.25) is 4.79 Å². The summed E-state index contributed by atoms with van der Waals surface area (Å²) in [5.41, 5.74) is 1.79. The molecular weight excluding hydrogens is 257 g/mol. The maximum atomic E-state index is 12.8. The molecule has 0 bridgehead atoms. The van der Waals surface area contributed by atoms with Crippen molar-refractivity contribution in [3.8, 4) is 5.75 Å². The number of benzene rings is 2. The highest BCUT2D eigenvalue weighted by molar-refractivity contribution is 5.94. The Bertz CT molecular complexity index is 596. The van der Waals surface area contributed by atoms with E-state index in [4.69, 9.17) is 4.74 Å². The average Bonchev–Trinajstić information content (AvgIpc) is 2.41. The number of aryl methyl sites for hydroxylation is 1. The minimum Gasteiger partial charge on any atom is -0.481 e. The summed E-state index contributed by atoms with van der Waals surface area (Å²) in [6, 6.07) is 13.1. The molecular formula is C16H16FNO2. The predicted octanol–water partition coefficient (Wildman–Crippen LogP) is 3.54. The van der Waals surface area contributed by atoms with Gasteiger partial charge in [-0.1, -0.05) is 12.1 Å².